The lowest BCUT2D eigenvalue weighted by atomic mass is 9.85. The van der Waals surface area contributed by atoms with Gasteiger partial charge in [-0.1, -0.05) is 26.3 Å². The van der Waals surface area contributed by atoms with Crippen molar-refractivity contribution in [1.82, 2.24) is 0 Å². The average Bonchev–Trinajstić information content (AvgIpc) is 3.10. The highest BCUT2D eigenvalue weighted by molar-refractivity contribution is 5.82. The predicted molar refractivity (Wildman–Crippen MR) is 227 cm³/mol. The van der Waals surface area contributed by atoms with E-state index in [1.807, 2.05) is 27.7 Å². The number of carbonyl (C=O) groups is 2. The molecule has 10 atom stereocenters. The molecule has 12 nitrogen and oxygen atoms in total. The lowest BCUT2D eigenvalue weighted by molar-refractivity contribution is -0.150. The maximum Gasteiger partial charge on any atom is 0.330 e. The molecule has 342 valence electrons. The Bertz CT molecular complexity index is 1090. The molecule has 12 heteroatoms. The van der Waals surface area contributed by atoms with E-state index in [2.05, 4.69) is 0 Å². The Balaban J connectivity index is 2.79. The fourth-order valence-electron chi connectivity index (χ4n) is 7.88. The normalized spacial score (nSPS) is 33.2. The molecule has 0 saturated carbocycles. The molecule has 1 heterocycles. The summed E-state index contributed by atoms with van der Waals surface area (Å²) in [7, 11) is 0. The topological polar surface area (TPSA) is 214 Å². The van der Waals surface area contributed by atoms with E-state index in [4.69, 9.17) is 9.47 Å². The van der Waals surface area contributed by atoms with E-state index in [0.717, 1.165) is 5.57 Å². The summed E-state index contributed by atoms with van der Waals surface area (Å²) in [6.45, 7) is 9.10. The molecule has 0 aliphatic carbocycles. The van der Waals surface area contributed by atoms with Gasteiger partial charge in [0.15, 0.2) is 0 Å². The number of aliphatic hydroxyl groups excluding tert-OH is 8. The van der Waals surface area contributed by atoms with Crippen LogP contribution in [0.15, 0.2) is 11.6 Å². The number of hydrogen-bond donors (Lipinski definition) is 8. The molecule has 1 rings (SSSR count). The van der Waals surface area contributed by atoms with Gasteiger partial charge >= 0.3 is 11.9 Å². The highest BCUT2D eigenvalue weighted by Crippen LogP contribution is 2.28. The van der Waals surface area contributed by atoms with Gasteiger partial charge in [0.2, 0.25) is 0 Å². The van der Waals surface area contributed by atoms with E-state index < -0.39 is 66.3 Å². The highest BCUT2D eigenvalue weighted by atomic mass is 16.5. The molecule has 0 fully saturated rings. The van der Waals surface area contributed by atoms with Gasteiger partial charge in [0.1, 0.15) is 12.2 Å². The number of hydrogen-bond acceptors (Lipinski definition) is 12. The Kier molecular flexibility index (Phi) is 29.3. The number of esters is 2. The smallest absolute Gasteiger partial charge is 0.330 e. The number of rotatable bonds is 1. The van der Waals surface area contributed by atoms with Crippen molar-refractivity contribution >= 4 is 11.9 Å². The van der Waals surface area contributed by atoms with Crippen LogP contribution in [0.1, 0.15) is 202 Å². The third-order valence-corrected chi connectivity index (χ3v) is 11.6. The van der Waals surface area contributed by atoms with E-state index in [9.17, 15) is 50.4 Å². The van der Waals surface area contributed by atoms with E-state index in [1.54, 1.807) is 0 Å². The predicted octanol–water partition coefficient (Wildman–Crippen LogP) is 6.87. The van der Waals surface area contributed by atoms with Crippen LogP contribution in [0.2, 0.25) is 0 Å². The first-order valence-electron chi connectivity index (χ1n) is 22.8. The van der Waals surface area contributed by atoms with Crippen LogP contribution in [-0.2, 0) is 19.1 Å². The van der Waals surface area contributed by atoms with E-state index in [1.165, 1.54) is 13.0 Å². The molecule has 0 saturated heterocycles. The molecular weight excluding hydrogens is 744 g/mol. The van der Waals surface area contributed by atoms with Crippen LogP contribution in [0.5, 0.6) is 0 Å². The summed E-state index contributed by atoms with van der Waals surface area (Å²) >= 11 is 0. The van der Waals surface area contributed by atoms with E-state index in [-0.39, 0.29) is 24.9 Å². The molecule has 0 aromatic carbocycles. The van der Waals surface area contributed by atoms with Crippen LogP contribution < -0.4 is 0 Å². The van der Waals surface area contributed by atoms with Crippen LogP contribution in [0.25, 0.3) is 0 Å². The van der Waals surface area contributed by atoms with Gasteiger partial charge in [-0.25, -0.2) is 4.79 Å². The van der Waals surface area contributed by atoms with E-state index in [0.29, 0.717) is 154 Å². The molecule has 10 unspecified atom stereocenters. The van der Waals surface area contributed by atoms with Crippen molar-refractivity contribution in [3.8, 4) is 0 Å². The van der Waals surface area contributed by atoms with E-state index >= 15 is 0 Å². The van der Waals surface area contributed by atoms with Gasteiger partial charge in [-0.05, 0) is 173 Å². The number of cyclic esters (lactones) is 1. The van der Waals surface area contributed by atoms with Gasteiger partial charge in [-0.3, -0.25) is 4.79 Å². The molecule has 0 spiro atoms. The quantitative estimate of drug-likeness (QED) is 0.127. The van der Waals surface area contributed by atoms with Gasteiger partial charge in [0, 0.05) is 19.4 Å². The third kappa shape index (κ3) is 29.6. The van der Waals surface area contributed by atoms with Crippen LogP contribution in [-0.4, -0.2) is 114 Å². The van der Waals surface area contributed by atoms with Crippen molar-refractivity contribution in [2.24, 2.45) is 5.41 Å². The second-order valence-corrected chi connectivity index (χ2v) is 18.6. The molecule has 1 aliphatic rings. The maximum absolute atomic E-state index is 12.9. The number of ether oxygens (including phenoxy) is 2. The fourth-order valence-corrected chi connectivity index (χ4v) is 7.88. The highest BCUT2D eigenvalue weighted by Gasteiger charge is 2.30. The standard InChI is InChI=1S/C46H86O12/c1-33-14-6-25-40(53)31-41(54)26-11-23-38(51)21-9-19-36(49)17-7-15-35(48)16-8-18-37(50)20-10-22-39(52)24-12-28-43(57-34(2)47)29-13-27-42(55)32-44(46(3,4)5)58-45(56)30-33/h30,35-44,48-55H,6-29,31-32H2,1-5H3. The van der Waals surface area contributed by atoms with Gasteiger partial charge in [0.25, 0.3) is 0 Å². The average molecular weight is 831 g/mol. The van der Waals surface area contributed by atoms with Gasteiger partial charge in [-0.2, -0.15) is 0 Å². The van der Waals surface area contributed by atoms with Crippen molar-refractivity contribution in [1.29, 1.82) is 0 Å². The Morgan fingerprint density at radius 3 is 1.19 bits per heavy atom. The van der Waals surface area contributed by atoms with Crippen LogP contribution in [0, 0.1) is 5.41 Å². The lowest BCUT2D eigenvalue weighted by Gasteiger charge is -2.31. The van der Waals surface area contributed by atoms with Crippen molar-refractivity contribution in [3.05, 3.63) is 11.6 Å². The number of carbonyl (C=O) groups excluding carboxylic acids is 2. The van der Waals surface area contributed by atoms with Crippen LogP contribution in [0.4, 0.5) is 0 Å². The van der Waals surface area contributed by atoms with Crippen molar-refractivity contribution in [2.45, 2.75) is 263 Å². The third-order valence-electron chi connectivity index (χ3n) is 11.6. The fraction of sp³-hybridized carbons (Fsp3) is 0.913. The second-order valence-electron chi connectivity index (χ2n) is 18.6. The summed E-state index contributed by atoms with van der Waals surface area (Å²) < 4.78 is 11.4. The summed E-state index contributed by atoms with van der Waals surface area (Å²) in [5.74, 6) is -0.851. The Morgan fingerprint density at radius 1 is 0.534 bits per heavy atom. The minimum absolute atomic E-state index is 0.244. The molecule has 0 amide bonds. The zero-order chi connectivity index (χ0) is 43.5. The molecule has 0 bridgehead atoms. The van der Waals surface area contributed by atoms with Crippen molar-refractivity contribution in [2.75, 3.05) is 0 Å². The largest absolute Gasteiger partial charge is 0.463 e. The monoisotopic (exact) mass is 831 g/mol. The molecule has 0 aromatic heterocycles. The Labute approximate surface area is 350 Å². The van der Waals surface area contributed by atoms with Crippen LogP contribution in [0.3, 0.4) is 0 Å². The second kappa shape index (κ2) is 31.2. The maximum atomic E-state index is 12.9. The van der Waals surface area contributed by atoms with Crippen molar-refractivity contribution < 1.29 is 59.9 Å². The first kappa shape index (κ1) is 54.4. The summed E-state index contributed by atoms with van der Waals surface area (Å²) in [6, 6.07) is 0. The SMILES string of the molecule is CC(=O)OC1CCCC(O)CCCC(O)CCCC(O)CCCC(O)CCCC(O)CCCC(O)CC(O)CCCC(C)=CC(=O)OC(C(C)(C)C)CC(O)CCC1. The number of allylic oxidation sites excluding steroid dienone is 1. The lowest BCUT2D eigenvalue weighted by Crippen LogP contribution is -2.34. The number of aliphatic hydroxyl groups is 8. The first-order valence-corrected chi connectivity index (χ1v) is 22.8. The minimum Gasteiger partial charge on any atom is -0.463 e. The van der Waals surface area contributed by atoms with Gasteiger partial charge in [-0.15, -0.1) is 0 Å². The Hall–Kier alpha value is -1.64. The zero-order valence-corrected chi connectivity index (χ0v) is 36.9. The summed E-state index contributed by atoms with van der Waals surface area (Å²) in [6.07, 6.45) is 10.7. The summed E-state index contributed by atoms with van der Waals surface area (Å²) in [5.41, 5.74) is 0.397. The van der Waals surface area contributed by atoms with Crippen molar-refractivity contribution in [3.63, 3.8) is 0 Å². The summed E-state index contributed by atoms with van der Waals surface area (Å²) in [4.78, 5) is 24.7. The summed E-state index contributed by atoms with van der Waals surface area (Å²) in [5, 5.41) is 84.1. The molecule has 8 N–H and O–H groups in total. The molecule has 1 aliphatic heterocycles. The molecule has 0 aromatic rings. The Morgan fingerprint density at radius 2 is 0.845 bits per heavy atom. The molecule has 58 heavy (non-hydrogen) atoms. The minimum atomic E-state index is -0.723. The first-order chi connectivity index (χ1) is 27.3. The van der Waals surface area contributed by atoms with Gasteiger partial charge < -0.3 is 50.3 Å². The van der Waals surface area contributed by atoms with Gasteiger partial charge in [0.05, 0.1) is 48.8 Å². The molecular formula is C46H86O12. The zero-order valence-electron chi connectivity index (χ0n) is 36.9. The van der Waals surface area contributed by atoms with Crippen LogP contribution >= 0.6 is 0 Å². The molecule has 0 radical (unpaired) electrons.